The standard InChI is InChI=1S/C27H33N7O/c1-18-7-5-13-28-25(18)23-9-4-10-24(26-19(2)8-6-14-29-26)34(23)16-21-12-11-20(15-22(21)17-35)27-30-32-33(3)31-27/h5-8,11-13,15,23-24,29,35H,4,9-10,14,16-17H2,1-3H3. The summed E-state index contributed by atoms with van der Waals surface area (Å²) in [6.07, 6.45) is 9.60. The van der Waals surface area contributed by atoms with E-state index in [9.17, 15) is 5.11 Å². The number of aromatic nitrogens is 5. The summed E-state index contributed by atoms with van der Waals surface area (Å²) >= 11 is 0. The number of rotatable bonds is 6. The van der Waals surface area contributed by atoms with E-state index in [2.05, 4.69) is 63.8 Å². The summed E-state index contributed by atoms with van der Waals surface area (Å²) in [6, 6.07) is 10.7. The summed E-state index contributed by atoms with van der Waals surface area (Å²) in [5, 5.41) is 26.3. The molecule has 4 heterocycles. The molecule has 0 spiro atoms. The molecule has 2 aromatic heterocycles. The number of dihydropyridines is 1. The molecular formula is C27H33N7O. The topological polar surface area (TPSA) is 92.0 Å². The summed E-state index contributed by atoms with van der Waals surface area (Å²) in [5.41, 5.74) is 7.81. The van der Waals surface area contributed by atoms with E-state index < -0.39 is 0 Å². The molecule has 3 aromatic rings. The highest BCUT2D eigenvalue weighted by Crippen LogP contribution is 2.39. The molecule has 5 rings (SSSR count). The van der Waals surface area contributed by atoms with Crippen molar-refractivity contribution < 1.29 is 5.11 Å². The van der Waals surface area contributed by atoms with E-state index in [1.807, 2.05) is 24.4 Å². The van der Waals surface area contributed by atoms with E-state index in [-0.39, 0.29) is 18.7 Å². The predicted octanol–water partition coefficient (Wildman–Crippen LogP) is 3.60. The third-order valence-electron chi connectivity index (χ3n) is 7.15. The van der Waals surface area contributed by atoms with Crippen LogP contribution >= 0.6 is 0 Å². The van der Waals surface area contributed by atoms with E-state index in [1.54, 1.807) is 7.05 Å². The van der Waals surface area contributed by atoms with Gasteiger partial charge >= 0.3 is 0 Å². The van der Waals surface area contributed by atoms with Gasteiger partial charge in [-0.05, 0) is 72.7 Å². The summed E-state index contributed by atoms with van der Waals surface area (Å²) in [5.74, 6) is 0.561. The van der Waals surface area contributed by atoms with Crippen molar-refractivity contribution in [2.24, 2.45) is 7.05 Å². The maximum absolute atomic E-state index is 10.3. The molecule has 2 unspecified atom stereocenters. The molecule has 2 aliphatic heterocycles. The Hall–Kier alpha value is -3.36. The third-order valence-corrected chi connectivity index (χ3v) is 7.15. The number of benzene rings is 1. The highest BCUT2D eigenvalue weighted by atomic mass is 16.3. The number of hydrogen-bond acceptors (Lipinski definition) is 7. The predicted molar refractivity (Wildman–Crippen MR) is 135 cm³/mol. The van der Waals surface area contributed by atoms with Crippen molar-refractivity contribution in [2.75, 3.05) is 6.54 Å². The normalized spacial score (nSPS) is 20.8. The molecule has 0 bridgehead atoms. The Morgan fingerprint density at radius 2 is 1.97 bits per heavy atom. The van der Waals surface area contributed by atoms with Gasteiger partial charge in [-0.2, -0.15) is 4.80 Å². The van der Waals surface area contributed by atoms with Crippen LogP contribution in [-0.4, -0.2) is 47.8 Å². The average molecular weight is 472 g/mol. The Morgan fingerprint density at radius 3 is 2.71 bits per heavy atom. The van der Waals surface area contributed by atoms with Gasteiger partial charge in [0, 0.05) is 30.5 Å². The van der Waals surface area contributed by atoms with Crippen LogP contribution in [0.4, 0.5) is 0 Å². The van der Waals surface area contributed by atoms with E-state index in [0.717, 1.165) is 54.7 Å². The first-order valence-electron chi connectivity index (χ1n) is 12.3. The smallest absolute Gasteiger partial charge is 0.204 e. The number of nitrogens with zero attached hydrogens (tertiary/aromatic N) is 6. The van der Waals surface area contributed by atoms with Crippen LogP contribution in [0, 0.1) is 6.92 Å². The molecule has 0 aliphatic carbocycles. The van der Waals surface area contributed by atoms with Crippen LogP contribution in [0.2, 0.25) is 0 Å². The molecule has 35 heavy (non-hydrogen) atoms. The first kappa shape index (κ1) is 23.4. The van der Waals surface area contributed by atoms with Crippen LogP contribution in [0.5, 0.6) is 0 Å². The quantitative estimate of drug-likeness (QED) is 0.567. The summed E-state index contributed by atoms with van der Waals surface area (Å²) in [7, 11) is 1.75. The molecule has 2 atom stereocenters. The molecule has 2 N–H and O–H groups in total. The Bertz CT molecular complexity index is 1260. The molecule has 2 aliphatic rings. The fourth-order valence-electron chi connectivity index (χ4n) is 5.40. The molecule has 8 heteroatoms. The highest BCUT2D eigenvalue weighted by Gasteiger charge is 2.36. The van der Waals surface area contributed by atoms with Gasteiger partial charge in [0.2, 0.25) is 5.82 Å². The van der Waals surface area contributed by atoms with Gasteiger partial charge in [0.25, 0.3) is 0 Å². The molecule has 1 fully saturated rings. The summed E-state index contributed by atoms with van der Waals surface area (Å²) in [6.45, 7) is 5.87. The van der Waals surface area contributed by atoms with Crippen molar-refractivity contribution in [3.8, 4) is 11.4 Å². The second-order valence-electron chi connectivity index (χ2n) is 9.46. The lowest BCUT2D eigenvalue weighted by molar-refractivity contribution is 0.0855. The summed E-state index contributed by atoms with van der Waals surface area (Å²) in [4.78, 5) is 8.85. The van der Waals surface area contributed by atoms with Crippen molar-refractivity contribution in [3.05, 3.63) is 82.3 Å². The largest absolute Gasteiger partial charge is 0.392 e. The minimum absolute atomic E-state index is 0.0437. The van der Waals surface area contributed by atoms with Gasteiger partial charge in [-0.25, -0.2) is 0 Å². The number of allylic oxidation sites excluding steroid dienone is 2. The lowest BCUT2D eigenvalue weighted by Crippen LogP contribution is -2.46. The van der Waals surface area contributed by atoms with Gasteiger partial charge in [0.1, 0.15) is 0 Å². The zero-order valence-electron chi connectivity index (χ0n) is 20.6. The molecule has 0 amide bonds. The minimum Gasteiger partial charge on any atom is -0.392 e. The van der Waals surface area contributed by atoms with Crippen LogP contribution in [0.15, 0.2) is 60.0 Å². The number of aliphatic hydroxyl groups excluding tert-OH is 1. The zero-order valence-corrected chi connectivity index (χ0v) is 20.6. The number of nitrogens with one attached hydrogen (secondary N) is 1. The number of likely N-dealkylation sites (tertiary alicyclic amines) is 1. The third kappa shape index (κ3) is 4.76. The van der Waals surface area contributed by atoms with Gasteiger partial charge in [0.15, 0.2) is 0 Å². The van der Waals surface area contributed by atoms with Gasteiger partial charge in [-0.15, -0.1) is 10.2 Å². The van der Waals surface area contributed by atoms with Crippen LogP contribution in [0.25, 0.3) is 11.4 Å². The monoisotopic (exact) mass is 471 g/mol. The number of pyridine rings is 1. The lowest BCUT2D eigenvalue weighted by atomic mass is 9.87. The number of tetrazole rings is 1. The van der Waals surface area contributed by atoms with Crippen LogP contribution in [0.3, 0.4) is 0 Å². The zero-order chi connectivity index (χ0) is 24.4. The maximum Gasteiger partial charge on any atom is 0.204 e. The van der Waals surface area contributed by atoms with Crippen molar-refractivity contribution in [3.63, 3.8) is 0 Å². The van der Waals surface area contributed by atoms with Crippen molar-refractivity contribution in [1.29, 1.82) is 0 Å². The molecule has 0 radical (unpaired) electrons. The number of piperidine rings is 1. The Kier molecular flexibility index (Phi) is 6.74. The van der Waals surface area contributed by atoms with Crippen LogP contribution < -0.4 is 5.32 Å². The minimum atomic E-state index is -0.0437. The highest BCUT2D eigenvalue weighted by molar-refractivity contribution is 5.56. The second-order valence-corrected chi connectivity index (χ2v) is 9.46. The maximum atomic E-state index is 10.3. The molecule has 8 nitrogen and oxygen atoms in total. The van der Waals surface area contributed by atoms with Crippen molar-refractivity contribution in [1.82, 2.24) is 35.4 Å². The number of hydrogen-bond donors (Lipinski definition) is 2. The molecule has 1 saturated heterocycles. The first-order valence-corrected chi connectivity index (χ1v) is 12.3. The van der Waals surface area contributed by atoms with E-state index in [0.29, 0.717) is 5.82 Å². The Morgan fingerprint density at radius 1 is 1.11 bits per heavy atom. The fraction of sp³-hybridized carbons (Fsp3) is 0.407. The molecule has 1 aromatic carbocycles. The molecule has 0 saturated carbocycles. The Balaban J connectivity index is 1.54. The van der Waals surface area contributed by atoms with Gasteiger partial charge in [-0.1, -0.05) is 30.4 Å². The Labute approximate surface area is 206 Å². The van der Waals surface area contributed by atoms with Crippen molar-refractivity contribution in [2.45, 2.75) is 58.3 Å². The fourth-order valence-corrected chi connectivity index (χ4v) is 5.40. The van der Waals surface area contributed by atoms with Crippen LogP contribution in [0.1, 0.15) is 54.6 Å². The summed E-state index contributed by atoms with van der Waals surface area (Å²) < 4.78 is 0. The first-order chi connectivity index (χ1) is 17.0. The van der Waals surface area contributed by atoms with E-state index >= 15 is 0 Å². The number of aliphatic hydroxyl groups is 1. The van der Waals surface area contributed by atoms with Gasteiger partial charge < -0.3 is 10.4 Å². The lowest BCUT2D eigenvalue weighted by Gasteiger charge is -2.44. The average Bonchev–Trinajstić information content (AvgIpc) is 3.31. The second kappa shape index (κ2) is 10.1. The van der Waals surface area contributed by atoms with Gasteiger partial charge in [-0.3, -0.25) is 9.88 Å². The van der Waals surface area contributed by atoms with E-state index in [4.69, 9.17) is 4.98 Å². The van der Waals surface area contributed by atoms with Gasteiger partial charge in [0.05, 0.1) is 31.4 Å². The van der Waals surface area contributed by atoms with E-state index in [1.165, 1.54) is 21.6 Å². The van der Waals surface area contributed by atoms with Crippen molar-refractivity contribution >= 4 is 0 Å². The SMILES string of the molecule is CC1=C(C2CCCC(c3ncccc3C)N2Cc2ccc(-c3nnn(C)n3)cc2CO)NCC=C1. The number of aryl methyl sites for hydroxylation is 2. The van der Waals surface area contributed by atoms with Crippen LogP contribution in [-0.2, 0) is 20.2 Å². The molecule has 182 valence electrons. The molecular weight excluding hydrogens is 438 g/mol.